The SMILES string of the molecule is CC1(C)OB(c2ccc(NC(=O)NC3(c4ccnc(C#N)n4)CCCCC3)cc2)OC1(C)C.CS(=O)(=O)c1ccc(-c2ccc(NC(=O)NC3(c4ccnc(C#N)n4)CCCCC3)cc2)cc1.CS(=O)(=O)c1ccc(Br)cc1. The van der Waals surface area contributed by atoms with Crippen LogP contribution in [0.5, 0.6) is 0 Å². The molecule has 22 heteroatoms. The minimum atomic E-state index is -3.24. The molecule has 2 aliphatic carbocycles. The Morgan fingerprint density at radius 2 is 0.910 bits per heavy atom. The van der Waals surface area contributed by atoms with Crippen LogP contribution in [0.4, 0.5) is 21.0 Å². The van der Waals surface area contributed by atoms with Gasteiger partial charge in [-0.3, -0.25) is 0 Å². The van der Waals surface area contributed by atoms with Crippen LogP contribution < -0.4 is 26.7 Å². The van der Waals surface area contributed by atoms with E-state index >= 15 is 0 Å². The molecule has 3 heterocycles. The largest absolute Gasteiger partial charge is 0.494 e. The second kappa shape index (κ2) is 24.7. The van der Waals surface area contributed by atoms with E-state index in [1.807, 2.05) is 76.2 Å². The van der Waals surface area contributed by atoms with Crippen LogP contribution >= 0.6 is 15.9 Å². The Morgan fingerprint density at radius 1 is 0.551 bits per heavy atom. The van der Waals surface area contributed by atoms with Gasteiger partial charge in [0, 0.05) is 40.8 Å². The van der Waals surface area contributed by atoms with Crippen molar-refractivity contribution in [1.29, 1.82) is 10.5 Å². The lowest BCUT2D eigenvalue weighted by Crippen LogP contribution is -2.49. The first-order valence-corrected chi connectivity index (χ1v) is 30.0. The Morgan fingerprint density at radius 3 is 1.28 bits per heavy atom. The molecular weight excluding hydrogens is 1100 g/mol. The van der Waals surface area contributed by atoms with Crippen molar-refractivity contribution in [1.82, 2.24) is 30.6 Å². The highest BCUT2D eigenvalue weighted by Gasteiger charge is 2.51. The molecule has 2 saturated carbocycles. The monoisotopic (exact) mass is 1160 g/mol. The van der Waals surface area contributed by atoms with E-state index in [4.69, 9.17) is 9.31 Å². The van der Waals surface area contributed by atoms with Gasteiger partial charge in [-0.1, -0.05) is 90.9 Å². The molecule has 78 heavy (non-hydrogen) atoms. The maximum absolute atomic E-state index is 12.9. The Hall–Kier alpha value is -7.08. The highest BCUT2D eigenvalue weighted by Crippen LogP contribution is 2.39. The number of nitrogens with one attached hydrogen (secondary N) is 4. The van der Waals surface area contributed by atoms with Crippen LogP contribution in [-0.4, -0.2) is 79.7 Å². The summed E-state index contributed by atoms with van der Waals surface area (Å²) in [6.45, 7) is 8.08. The first-order valence-electron chi connectivity index (χ1n) is 25.4. The highest BCUT2D eigenvalue weighted by atomic mass is 79.9. The summed E-state index contributed by atoms with van der Waals surface area (Å²) >= 11 is 3.22. The normalized spacial score (nSPS) is 17.0. The van der Waals surface area contributed by atoms with Crippen molar-refractivity contribution < 1.29 is 35.7 Å². The van der Waals surface area contributed by atoms with Crippen molar-refractivity contribution in [3.8, 4) is 23.3 Å². The fraction of sp³-hybridized carbons (Fsp3) is 0.357. The average Bonchev–Trinajstić information content (AvgIpc) is 3.69. The number of nitrogens with zero attached hydrogens (tertiary/aromatic N) is 6. The number of urea groups is 2. The molecule has 3 aliphatic rings. The van der Waals surface area contributed by atoms with Gasteiger partial charge in [0.05, 0.1) is 43.5 Å². The Kier molecular flexibility index (Phi) is 18.6. The zero-order valence-corrected chi connectivity index (χ0v) is 47.6. The standard InChI is InChI=1S/C25H25N5O3S.C24H30BN5O3.C7H7BrO2S/c1-34(32,33)21-11-7-19(8-12-21)18-5-9-20(10-6-18)28-24(31)30-25(14-3-2-4-15-25)22-13-16-27-23(17-26)29-22;1-22(2)23(3,4)33-25(32-22)17-8-10-18(11-9-17)28-21(31)30-24(13-6-5-7-14-24)19-12-15-27-20(16-26)29-19;1-11(9,10)7-4-2-6(8)3-5-7/h5-13,16H,2-4,14-15H2,1H3,(H2,28,30,31);8-12,15H,5-7,13-14H2,1-4H3,(H2,28,30,31);2-5H,1H3. The molecule has 4 N–H and O–H groups in total. The number of sulfone groups is 2. The van der Waals surface area contributed by atoms with Crippen molar-refractivity contribution in [2.75, 3.05) is 23.1 Å². The summed E-state index contributed by atoms with van der Waals surface area (Å²) in [5.41, 5.74) is 3.23. The lowest BCUT2D eigenvalue weighted by Gasteiger charge is -2.37. The van der Waals surface area contributed by atoms with Gasteiger partial charge in [-0.05, 0) is 143 Å². The summed E-state index contributed by atoms with van der Waals surface area (Å²) in [5, 5.41) is 30.4. The third-order valence-electron chi connectivity index (χ3n) is 14.3. The number of carbonyl (C=O) groups is 2. The van der Waals surface area contributed by atoms with Gasteiger partial charge in [0.2, 0.25) is 11.6 Å². The minimum absolute atomic E-state index is 0.0878. The zero-order valence-electron chi connectivity index (χ0n) is 44.3. The third-order valence-corrected chi connectivity index (χ3v) is 17.1. The maximum atomic E-state index is 12.9. The third kappa shape index (κ3) is 14.9. The maximum Gasteiger partial charge on any atom is 0.494 e. The number of hydrogen-bond acceptors (Lipinski definition) is 14. The highest BCUT2D eigenvalue weighted by molar-refractivity contribution is 9.10. The van der Waals surface area contributed by atoms with E-state index in [1.54, 1.807) is 85.2 Å². The van der Waals surface area contributed by atoms with E-state index < -0.39 is 49.1 Å². The summed E-state index contributed by atoms with van der Waals surface area (Å²) in [6, 6.07) is 34.9. The van der Waals surface area contributed by atoms with Gasteiger partial charge >= 0.3 is 19.2 Å². The number of hydrogen-bond donors (Lipinski definition) is 4. The molecule has 6 aromatic rings. The topological polar surface area (TPSA) is 268 Å². The molecule has 3 fully saturated rings. The number of aromatic nitrogens is 4. The van der Waals surface area contributed by atoms with Crippen LogP contribution in [0.3, 0.4) is 0 Å². The molecule has 0 unspecified atom stereocenters. The van der Waals surface area contributed by atoms with Crippen LogP contribution in [0.1, 0.15) is 115 Å². The zero-order chi connectivity index (χ0) is 56.4. The van der Waals surface area contributed by atoms with Crippen molar-refractivity contribution in [2.24, 2.45) is 0 Å². The Labute approximate surface area is 465 Å². The number of anilines is 2. The molecule has 1 aliphatic heterocycles. The van der Waals surface area contributed by atoms with Gasteiger partial charge in [0.1, 0.15) is 12.1 Å². The van der Waals surface area contributed by atoms with Crippen LogP contribution in [0, 0.1) is 22.7 Å². The van der Waals surface area contributed by atoms with Crippen molar-refractivity contribution in [3.05, 3.63) is 149 Å². The van der Waals surface area contributed by atoms with E-state index in [1.165, 1.54) is 12.5 Å². The molecule has 4 aromatic carbocycles. The molecule has 4 amide bonds. The molecule has 18 nitrogen and oxygen atoms in total. The molecule has 406 valence electrons. The molecule has 0 radical (unpaired) electrons. The van der Waals surface area contributed by atoms with E-state index in [0.717, 1.165) is 85.3 Å². The number of nitriles is 2. The van der Waals surface area contributed by atoms with Gasteiger partial charge < -0.3 is 30.6 Å². The molecule has 1 saturated heterocycles. The van der Waals surface area contributed by atoms with Crippen molar-refractivity contribution in [3.63, 3.8) is 0 Å². The summed E-state index contributed by atoms with van der Waals surface area (Å²) in [7, 11) is -6.73. The first-order chi connectivity index (χ1) is 36.9. The summed E-state index contributed by atoms with van der Waals surface area (Å²) in [5.74, 6) is 0.197. The minimum Gasteiger partial charge on any atom is -0.399 e. The number of benzene rings is 4. The van der Waals surface area contributed by atoms with E-state index in [-0.39, 0.29) is 28.6 Å². The van der Waals surface area contributed by atoms with Crippen LogP contribution in [0.2, 0.25) is 0 Å². The fourth-order valence-electron chi connectivity index (χ4n) is 9.34. The van der Waals surface area contributed by atoms with Gasteiger partial charge in [0.15, 0.2) is 19.7 Å². The number of carbonyl (C=O) groups excluding carboxylic acids is 2. The molecule has 9 rings (SSSR count). The quantitative estimate of drug-likeness (QED) is 0.0930. The summed E-state index contributed by atoms with van der Waals surface area (Å²) in [6.07, 6.45) is 14.6. The van der Waals surface area contributed by atoms with E-state index in [0.29, 0.717) is 27.7 Å². The van der Waals surface area contributed by atoms with Gasteiger partial charge in [-0.2, -0.15) is 10.5 Å². The number of halogens is 1. The predicted molar refractivity (Wildman–Crippen MR) is 302 cm³/mol. The second-order valence-electron chi connectivity index (χ2n) is 20.5. The lowest BCUT2D eigenvalue weighted by molar-refractivity contribution is 0.00578. The van der Waals surface area contributed by atoms with Crippen LogP contribution in [-0.2, 0) is 40.1 Å². The van der Waals surface area contributed by atoms with Gasteiger partial charge in [-0.15, -0.1) is 0 Å². The number of rotatable bonds is 10. The Balaban J connectivity index is 0.000000190. The van der Waals surface area contributed by atoms with Crippen molar-refractivity contribution >= 4 is 71.6 Å². The first kappa shape index (κ1) is 58.6. The molecule has 0 spiro atoms. The second-order valence-corrected chi connectivity index (χ2v) is 25.5. The molecular formula is C56H62BBrN10O8S2. The Bertz CT molecular complexity index is 3380. The van der Waals surface area contributed by atoms with Crippen LogP contribution in [0.15, 0.2) is 136 Å². The molecule has 0 bridgehead atoms. The molecule has 2 aromatic heterocycles. The summed E-state index contributed by atoms with van der Waals surface area (Å²) in [4.78, 5) is 43.1. The fourth-order valence-corrected chi connectivity index (χ4v) is 10.9. The average molecular weight is 1160 g/mol. The van der Waals surface area contributed by atoms with Gasteiger partial charge in [0.25, 0.3) is 0 Å². The summed E-state index contributed by atoms with van der Waals surface area (Å²) < 4.78 is 58.2. The smallest absolute Gasteiger partial charge is 0.399 e. The van der Waals surface area contributed by atoms with Gasteiger partial charge in [-0.25, -0.2) is 46.4 Å². The predicted octanol–water partition coefficient (Wildman–Crippen LogP) is 9.88. The molecule has 0 atom stereocenters. The van der Waals surface area contributed by atoms with E-state index in [2.05, 4.69) is 57.1 Å². The number of amides is 4. The van der Waals surface area contributed by atoms with Crippen molar-refractivity contribution in [2.45, 2.75) is 124 Å². The van der Waals surface area contributed by atoms with E-state index in [9.17, 15) is 36.9 Å². The lowest BCUT2D eigenvalue weighted by atomic mass is 9.79. The van der Waals surface area contributed by atoms with Crippen LogP contribution in [0.25, 0.3) is 11.1 Å².